The molecule has 1 amide bonds. The largest absolute Gasteiger partial charge is 0.383 e. The molecule has 1 aliphatic heterocycles. The highest BCUT2D eigenvalue weighted by Gasteiger charge is 2.30. The van der Waals surface area contributed by atoms with Crippen LogP contribution in [-0.2, 0) is 4.79 Å². The number of carbonyl (C=O) groups is 2. The second-order valence-electron chi connectivity index (χ2n) is 8.19. The Morgan fingerprint density at radius 3 is 2.66 bits per heavy atom. The standard InChI is InChI=1S/C25H20F2N6O2/c1-2-20(34)32-10-9-15(12-32)33-25-21(24(28)29-13-30-25)22(31-33)16-8-7-14(11-19(16)27)23(35)17-5-3-4-6-18(17)26/h2-8,11,13,15H,1,9-10,12H2,(H2,28,29,30)/t15-/m1/s1. The summed E-state index contributed by atoms with van der Waals surface area (Å²) >= 11 is 0. The number of fused-ring (bicyclic) bond motifs is 1. The van der Waals surface area contributed by atoms with Gasteiger partial charge in [0.2, 0.25) is 5.91 Å². The number of hydrogen-bond acceptors (Lipinski definition) is 6. The molecule has 2 aromatic carbocycles. The molecule has 0 saturated carbocycles. The van der Waals surface area contributed by atoms with Gasteiger partial charge < -0.3 is 10.6 Å². The van der Waals surface area contributed by atoms with Crippen molar-refractivity contribution in [3.05, 3.63) is 84.2 Å². The summed E-state index contributed by atoms with van der Waals surface area (Å²) in [5.41, 5.74) is 6.70. The van der Waals surface area contributed by atoms with Crippen molar-refractivity contribution in [2.24, 2.45) is 0 Å². The van der Waals surface area contributed by atoms with Crippen molar-refractivity contribution in [2.75, 3.05) is 18.8 Å². The van der Waals surface area contributed by atoms with Crippen LogP contribution in [0.3, 0.4) is 0 Å². The highest BCUT2D eigenvalue weighted by atomic mass is 19.1. The molecule has 2 N–H and O–H groups in total. The van der Waals surface area contributed by atoms with Crippen LogP contribution in [0, 0.1) is 11.6 Å². The quantitative estimate of drug-likeness (QED) is 0.350. The van der Waals surface area contributed by atoms with Gasteiger partial charge in [0, 0.05) is 24.2 Å². The smallest absolute Gasteiger partial charge is 0.246 e. The monoisotopic (exact) mass is 474 g/mol. The number of halogens is 2. The lowest BCUT2D eigenvalue weighted by Crippen LogP contribution is -2.27. The van der Waals surface area contributed by atoms with Gasteiger partial charge in [0.25, 0.3) is 0 Å². The van der Waals surface area contributed by atoms with Crippen molar-refractivity contribution in [3.63, 3.8) is 0 Å². The third-order valence-corrected chi connectivity index (χ3v) is 6.12. The van der Waals surface area contributed by atoms with Gasteiger partial charge in [-0.2, -0.15) is 5.10 Å². The maximum Gasteiger partial charge on any atom is 0.246 e. The number of carbonyl (C=O) groups excluding carboxylic acids is 2. The number of ketones is 1. The molecule has 8 nitrogen and oxygen atoms in total. The van der Waals surface area contributed by atoms with Crippen LogP contribution in [-0.4, -0.2) is 49.4 Å². The van der Waals surface area contributed by atoms with Crippen LogP contribution in [0.15, 0.2) is 61.4 Å². The van der Waals surface area contributed by atoms with Gasteiger partial charge in [-0.05, 0) is 36.8 Å². The fraction of sp³-hybridized carbons (Fsp3) is 0.160. The van der Waals surface area contributed by atoms with Crippen LogP contribution in [0.1, 0.15) is 28.4 Å². The van der Waals surface area contributed by atoms with E-state index in [4.69, 9.17) is 5.73 Å². The summed E-state index contributed by atoms with van der Waals surface area (Å²) in [5, 5.41) is 4.98. The Kier molecular flexibility index (Phi) is 5.56. The first-order valence-corrected chi connectivity index (χ1v) is 10.9. The van der Waals surface area contributed by atoms with E-state index < -0.39 is 17.4 Å². The van der Waals surface area contributed by atoms with E-state index in [-0.39, 0.29) is 40.2 Å². The number of anilines is 1. The molecule has 1 saturated heterocycles. The van der Waals surface area contributed by atoms with Gasteiger partial charge >= 0.3 is 0 Å². The van der Waals surface area contributed by atoms with Crippen molar-refractivity contribution in [3.8, 4) is 11.3 Å². The molecule has 0 bridgehead atoms. The molecular formula is C25H20F2N6O2. The minimum atomic E-state index is -0.725. The van der Waals surface area contributed by atoms with E-state index in [9.17, 15) is 14.0 Å². The number of nitrogens with zero attached hydrogens (tertiary/aromatic N) is 5. The summed E-state index contributed by atoms with van der Waals surface area (Å²) in [6, 6.07) is 9.20. The Hall–Kier alpha value is -4.47. The van der Waals surface area contributed by atoms with Crippen molar-refractivity contribution in [1.82, 2.24) is 24.6 Å². The van der Waals surface area contributed by atoms with Crippen molar-refractivity contribution in [2.45, 2.75) is 12.5 Å². The first-order valence-electron chi connectivity index (χ1n) is 10.9. The molecule has 1 aliphatic rings. The summed E-state index contributed by atoms with van der Waals surface area (Å²) in [7, 11) is 0. The van der Waals surface area contributed by atoms with E-state index in [0.717, 1.165) is 6.07 Å². The molecule has 2 aromatic heterocycles. The fourth-order valence-electron chi connectivity index (χ4n) is 4.36. The average molecular weight is 474 g/mol. The predicted molar refractivity (Wildman–Crippen MR) is 125 cm³/mol. The van der Waals surface area contributed by atoms with Crippen LogP contribution < -0.4 is 5.73 Å². The van der Waals surface area contributed by atoms with E-state index in [0.29, 0.717) is 30.5 Å². The first kappa shape index (κ1) is 22.3. The van der Waals surface area contributed by atoms with Crippen LogP contribution in [0.4, 0.5) is 14.6 Å². The summed E-state index contributed by atoms with van der Waals surface area (Å²) in [6.45, 7) is 4.44. The van der Waals surface area contributed by atoms with E-state index in [1.54, 1.807) is 9.58 Å². The Morgan fingerprint density at radius 1 is 1.11 bits per heavy atom. The zero-order chi connectivity index (χ0) is 24.7. The van der Waals surface area contributed by atoms with Gasteiger partial charge in [-0.3, -0.25) is 9.59 Å². The summed E-state index contributed by atoms with van der Waals surface area (Å²) in [5.74, 6) is -2.10. The molecule has 4 aromatic rings. The van der Waals surface area contributed by atoms with E-state index in [1.807, 2.05) is 0 Å². The van der Waals surface area contributed by atoms with Gasteiger partial charge in [-0.1, -0.05) is 24.8 Å². The Morgan fingerprint density at radius 2 is 1.91 bits per heavy atom. The molecule has 0 radical (unpaired) electrons. The normalized spacial score (nSPS) is 15.5. The van der Waals surface area contributed by atoms with Gasteiger partial charge in [0.05, 0.1) is 17.0 Å². The number of nitrogen functional groups attached to an aromatic ring is 1. The highest BCUT2D eigenvalue weighted by Crippen LogP contribution is 2.35. The first-order chi connectivity index (χ1) is 16.9. The van der Waals surface area contributed by atoms with Crippen molar-refractivity contribution in [1.29, 1.82) is 0 Å². The maximum atomic E-state index is 15.3. The number of aromatic nitrogens is 4. The molecule has 10 heteroatoms. The van der Waals surface area contributed by atoms with E-state index in [2.05, 4.69) is 21.6 Å². The van der Waals surface area contributed by atoms with Crippen LogP contribution in [0.25, 0.3) is 22.3 Å². The fourth-order valence-corrected chi connectivity index (χ4v) is 4.36. The number of hydrogen-bond donors (Lipinski definition) is 1. The highest BCUT2D eigenvalue weighted by molar-refractivity contribution is 6.09. The van der Waals surface area contributed by atoms with Crippen LogP contribution >= 0.6 is 0 Å². The molecule has 0 aliphatic carbocycles. The lowest BCUT2D eigenvalue weighted by atomic mass is 10.00. The second-order valence-corrected chi connectivity index (χ2v) is 8.19. The van der Waals surface area contributed by atoms with Gasteiger partial charge in [-0.15, -0.1) is 0 Å². The molecule has 0 spiro atoms. The number of amides is 1. The summed E-state index contributed by atoms with van der Waals surface area (Å²) in [6.07, 6.45) is 3.18. The van der Waals surface area contributed by atoms with E-state index in [1.165, 1.54) is 48.8 Å². The Balaban J connectivity index is 1.56. The molecule has 1 fully saturated rings. The Labute approximate surface area is 198 Å². The second kappa shape index (κ2) is 8.71. The predicted octanol–water partition coefficient (Wildman–Crippen LogP) is 3.54. The SMILES string of the molecule is C=CC(=O)N1CC[C@@H](n2nc(-c3ccc(C(=O)c4ccccc4F)cc3F)c3c(N)ncnc32)C1. The Bertz CT molecular complexity index is 1500. The molecular weight excluding hydrogens is 454 g/mol. The van der Waals surface area contributed by atoms with Gasteiger partial charge in [-0.25, -0.2) is 23.4 Å². The molecule has 0 unspecified atom stereocenters. The summed E-state index contributed by atoms with van der Waals surface area (Å²) in [4.78, 5) is 34.7. The minimum Gasteiger partial charge on any atom is -0.383 e. The maximum absolute atomic E-state index is 15.3. The van der Waals surface area contributed by atoms with Crippen LogP contribution in [0.2, 0.25) is 0 Å². The van der Waals surface area contributed by atoms with Crippen LogP contribution in [0.5, 0.6) is 0 Å². The molecule has 35 heavy (non-hydrogen) atoms. The lowest BCUT2D eigenvalue weighted by molar-refractivity contribution is -0.125. The average Bonchev–Trinajstić information content (AvgIpc) is 3.49. The number of rotatable bonds is 5. The number of nitrogens with two attached hydrogens (primary N) is 1. The number of benzene rings is 2. The number of likely N-dealkylation sites (tertiary alicyclic amines) is 1. The molecule has 1 atom stereocenters. The van der Waals surface area contributed by atoms with Crippen molar-refractivity contribution < 1.29 is 18.4 Å². The molecule has 3 heterocycles. The van der Waals surface area contributed by atoms with Crippen molar-refractivity contribution >= 4 is 28.5 Å². The molecule has 5 rings (SSSR count). The topological polar surface area (TPSA) is 107 Å². The third kappa shape index (κ3) is 3.82. The van der Waals surface area contributed by atoms with Gasteiger partial charge in [0.1, 0.15) is 29.5 Å². The summed E-state index contributed by atoms with van der Waals surface area (Å²) < 4.78 is 31.0. The van der Waals surface area contributed by atoms with E-state index >= 15 is 4.39 Å². The minimum absolute atomic E-state index is 0.00122. The zero-order valence-electron chi connectivity index (χ0n) is 18.5. The third-order valence-electron chi connectivity index (χ3n) is 6.12. The van der Waals surface area contributed by atoms with Gasteiger partial charge in [0.15, 0.2) is 11.4 Å². The molecule has 176 valence electrons. The lowest BCUT2D eigenvalue weighted by Gasteiger charge is -2.14. The zero-order valence-corrected chi connectivity index (χ0v) is 18.5.